The molecule has 2 rings (SSSR count). The van der Waals surface area contributed by atoms with Gasteiger partial charge in [0.15, 0.2) is 0 Å². The van der Waals surface area contributed by atoms with E-state index in [2.05, 4.69) is 5.32 Å². The van der Waals surface area contributed by atoms with Crippen LogP contribution in [0.3, 0.4) is 0 Å². The smallest absolute Gasteiger partial charge is 0.132 e. The van der Waals surface area contributed by atoms with E-state index in [0.29, 0.717) is 13.1 Å². The zero-order valence-corrected chi connectivity index (χ0v) is 9.26. The Morgan fingerprint density at radius 3 is 2.07 bits per heavy atom. The molecule has 1 saturated heterocycles. The highest BCUT2D eigenvalue weighted by Crippen LogP contribution is 2.29. The minimum absolute atomic E-state index is 0. The Morgan fingerprint density at radius 2 is 1.73 bits per heavy atom. The summed E-state index contributed by atoms with van der Waals surface area (Å²) in [7, 11) is 0. The number of rotatable bonds is 1. The van der Waals surface area contributed by atoms with Crippen molar-refractivity contribution in [3.05, 3.63) is 34.4 Å². The van der Waals surface area contributed by atoms with Crippen molar-refractivity contribution >= 4 is 24.0 Å². The summed E-state index contributed by atoms with van der Waals surface area (Å²) in [6.07, 6.45) is 0. The van der Waals surface area contributed by atoms with Crippen molar-refractivity contribution in [3.63, 3.8) is 0 Å². The third-order valence-electron chi connectivity index (χ3n) is 2.39. The number of benzene rings is 1. The highest BCUT2D eigenvalue weighted by molar-refractivity contribution is 6.30. The predicted molar refractivity (Wildman–Crippen MR) is 57.4 cm³/mol. The van der Waals surface area contributed by atoms with Crippen LogP contribution in [0.4, 0.5) is 8.78 Å². The van der Waals surface area contributed by atoms with Crippen LogP contribution in [0.15, 0.2) is 12.1 Å². The molecule has 0 aliphatic carbocycles. The Bertz CT molecular complexity index is 357. The molecule has 0 saturated carbocycles. The fourth-order valence-electron chi connectivity index (χ4n) is 1.59. The van der Waals surface area contributed by atoms with Crippen molar-refractivity contribution in [2.75, 3.05) is 13.1 Å². The van der Waals surface area contributed by atoms with Crippen molar-refractivity contribution < 1.29 is 8.78 Å². The second-order valence-corrected chi connectivity index (χ2v) is 3.94. The van der Waals surface area contributed by atoms with E-state index < -0.39 is 17.2 Å². The topological polar surface area (TPSA) is 38.0 Å². The van der Waals surface area contributed by atoms with E-state index in [-0.39, 0.29) is 23.0 Å². The number of hydrogen-bond acceptors (Lipinski definition) is 2. The molecule has 0 aromatic heterocycles. The Hall–Kier alpha value is -0.420. The lowest BCUT2D eigenvalue weighted by atomic mass is 9.84. The Balaban J connectivity index is 0.00000112. The standard InChI is InChI=1S/C9H9ClF2N2.ClH/c10-5-1-6(11)8(7(12)2-5)9(13)3-14-4-9;/h1-2,14H,3-4,13H2;1H. The molecule has 3 N–H and O–H groups in total. The largest absolute Gasteiger partial charge is 0.319 e. The van der Waals surface area contributed by atoms with Gasteiger partial charge in [-0.15, -0.1) is 12.4 Å². The molecular weight excluding hydrogens is 245 g/mol. The molecule has 1 heterocycles. The van der Waals surface area contributed by atoms with Gasteiger partial charge < -0.3 is 11.1 Å². The number of nitrogens with one attached hydrogen (secondary N) is 1. The van der Waals surface area contributed by atoms with E-state index in [0.717, 1.165) is 12.1 Å². The first-order valence-corrected chi connectivity index (χ1v) is 4.55. The summed E-state index contributed by atoms with van der Waals surface area (Å²) in [5.41, 5.74) is 4.78. The van der Waals surface area contributed by atoms with Crippen molar-refractivity contribution in [1.82, 2.24) is 5.32 Å². The van der Waals surface area contributed by atoms with E-state index in [1.165, 1.54) is 0 Å². The van der Waals surface area contributed by atoms with Crippen molar-refractivity contribution in [2.45, 2.75) is 5.54 Å². The summed E-state index contributed by atoms with van der Waals surface area (Å²) < 4.78 is 26.8. The van der Waals surface area contributed by atoms with Gasteiger partial charge in [0.2, 0.25) is 0 Å². The molecule has 0 radical (unpaired) electrons. The summed E-state index contributed by atoms with van der Waals surface area (Å²) >= 11 is 5.50. The summed E-state index contributed by atoms with van der Waals surface area (Å²) in [6, 6.07) is 2.15. The third kappa shape index (κ3) is 2.08. The van der Waals surface area contributed by atoms with E-state index in [1.807, 2.05) is 0 Å². The minimum Gasteiger partial charge on any atom is -0.319 e. The lowest BCUT2D eigenvalue weighted by molar-refractivity contribution is 0.267. The monoisotopic (exact) mass is 254 g/mol. The summed E-state index contributed by atoms with van der Waals surface area (Å²) in [6.45, 7) is 0.755. The Kier molecular flexibility index (Phi) is 3.55. The first-order valence-electron chi connectivity index (χ1n) is 4.17. The molecule has 6 heteroatoms. The van der Waals surface area contributed by atoms with Crippen LogP contribution in [0.25, 0.3) is 0 Å². The SMILES string of the molecule is Cl.NC1(c2c(F)cc(Cl)cc2F)CNC1. The molecule has 15 heavy (non-hydrogen) atoms. The second kappa shape index (κ2) is 4.22. The molecule has 2 nitrogen and oxygen atoms in total. The molecule has 0 unspecified atom stereocenters. The highest BCUT2D eigenvalue weighted by Gasteiger charge is 2.39. The van der Waals surface area contributed by atoms with Gasteiger partial charge in [-0.2, -0.15) is 0 Å². The number of halogens is 4. The van der Waals surface area contributed by atoms with E-state index in [1.54, 1.807) is 0 Å². The van der Waals surface area contributed by atoms with Crippen LogP contribution in [0, 0.1) is 11.6 Å². The first kappa shape index (κ1) is 12.6. The normalized spacial score (nSPS) is 17.9. The molecule has 0 atom stereocenters. The maximum absolute atomic E-state index is 13.4. The van der Waals surface area contributed by atoms with Crippen LogP contribution >= 0.6 is 24.0 Å². The molecule has 1 aliphatic heterocycles. The van der Waals surface area contributed by atoms with Gasteiger partial charge in [-0.3, -0.25) is 0 Å². The van der Waals surface area contributed by atoms with Crippen LogP contribution in [-0.2, 0) is 5.54 Å². The van der Waals surface area contributed by atoms with Gasteiger partial charge in [-0.05, 0) is 12.1 Å². The molecule has 1 fully saturated rings. The van der Waals surface area contributed by atoms with Crippen molar-refractivity contribution in [2.24, 2.45) is 5.73 Å². The van der Waals surface area contributed by atoms with E-state index in [4.69, 9.17) is 17.3 Å². The summed E-state index contributed by atoms with van der Waals surface area (Å²) in [4.78, 5) is 0. The Labute approximate surface area is 97.2 Å². The fourth-order valence-corrected chi connectivity index (χ4v) is 1.78. The zero-order chi connectivity index (χ0) is 10.3. The number of nitrogens with two attached hydrogens (primary N) is 1. The van der Waals surface area contributed by atoms with E-state index in [9.17, 15) is 8.78 Å². The van der Waals surface area contributed by atoms with Crippen LogP contribution in [0.1, 0.15) is 5.56 Å². The van der Waals surface area contributed by atoms with Crippen molar-refractivity contribution in [1.29, 1.82) is 0 Å². The lowest BCUT2D eigenvalue weighted by Crippen LogP contribution is -2.63. The van der Waals surface area contributed by atoms with Gasteiger partial charge in [0.05, 0.1) is 5.54 Å². The van der Waals surface area contributed by atoms with Crippen molar-refractivity contribution in [3.8, 4) is 0 Å². The molecule has 84 valence electrons. The van der Waals surface area contributed by atoms with Gasteiger partial charge in [-0.25, -0.2) is 8.78 Å². The van der Waals surface area contributed by atoms with Crippen LogP contribution in [0.5, 0.6) is 0 Å². The van der Waals surface area contributed by atoms with Gasteiger partial charge in [0.25, 0.3) is 0 Å². The maximum Gasteiger partial charge on any atom is 0.132 e. The minimum atomic E-state index is -0.932. The maximum atomic E-state index is 13.4. The van der Waals surface area contributed by atoms with Gasteiger partial charge >= 0.3 is 0 Å². The molecule has 0 amide bonds. The predicted octanol–water partition coefficient (Wildman–Crippen LogP) is 1.80. The molecule has 1 aliphatic rings. The Morgan fingerprint density at radius 1 is 1.27 bits per heavy atom. The van der Waals surface area contributed by atoms with E-state index >= 15 is 0 Å². The van der Waals surface area contributed by atoms with Crippen LogP contribution in [0.2, 0.25) is 5.02 Å². The molecule has 1 aromatic carbocycles. The zero-order valence-electron chi connectivity index (χ0n) is 7.69. The molecular formula is C9H10Cl2F2N2. The molecule has 1 aromatic rings. The van der Waals surface area contributed by atoms with Gasteiger partial charge in [0, 0.05) is 23.7 Å². The average molecular weight is 255 g/mol. The van der Waals surface area contributed by atoms with Gasteiger partial charge in [-0.1, -0.05) is 11.6 Å². The average Bonchev–Trinajstić information content (AvgIpc) is 1.99. The van der Waals surface area contributed by atoms with Crippen LogP contribution < -0.4 is 11.1 Å². The van der Waals surface area contributed by atoms with Gasteiger partial charge in [0.1, 0.15) is 11.6 Å². The third-order valence-corrected chi connectivity index (χ3v) is 2.60. The highest BCUT2D eigenvalue weighted by atomic mass is 35.5. The molecule has 0 bridgehead atoms. The summed E-state index contributed by atoms with van der Waals surface area (Å²) in [5, 5.41) is 2.92. The second-order valence-electron chi connectivity index (χ2n) is 3.50. The quantitative estimate of drug-likeness (QED) is 0.803. The fraction of sp³-hybridized carbons (Fsp3) is 0.333. The first-order chi connectivity index (χ1) is 6.53. The lowest BCUT2D eigenvalue weighted by Gasteiger charge is -2.39. The summed E-state index contributed by atoms with van der Waals surface area (Å²) in [5.74, 6) is -1.36. The number of hydrogen-bond donors (Lipinski definition) is 2. The van der Waals surface area contributed by atoms with Crippen LogP contribution in [-0.4, -0.2) is 13.1 Å². The molecule has 0 spiro atoms.